The summed E-state index contributed by atoms with van der Waals surface area (Å²) in [5, 5.41) is 4.02. The fourth-order valence-electron chi connectivity index (χ4n) is 0.947. The fourth-order valence-corrected chi connectivity index (χ4v) is 0.947. The van der Waals surface area contributed by atoms with E-state index in [-0.39, 0.29) is 0 Å². The van der Waals surface area contributed by atoms with Gasteiger partial charge in [-0.25, -0.2) is 9.50 Å². The molecule has 2 heterocycles. The van der Waals surface area contributed by atoms with E-state index in [1.165, 1.54) is 0 Å². The highest BCUT2D eigenvalue weighted by Gasteiger charge is 1.98. The molecule has 0 saturated heterocycles. The minimum atomic E-state index is 0.738. The lowest BCUT2D eigenvalue weighted by Gasteiger charge is -1.93. The first-order chi connectivity index (χ1) is 5.42. The maximum absolute atomic E-state index is 4.06. The van der Waals surface area contributed by atoms with Crippen LogP contribution in [0.25, 0.3) is 5.65 Å². The molecule has 0 atom stereocenters. The maximum atomic E-state index is 4.06. The second kappa shape index (κ2) is 2.16. The third-order valence-corrected chi connectivity index (χ3v) is 1.44. The summed E-state index contributed by atoms with van der Waals surface area (Å²) in [7, 11) is 0. The van der Waals surface area contributed by atoms with Crippen LogP contribution in [0.5, 0.6) is 0 Å². The van der Waals surface area contributed by atoms with Gasteiger partial charge in [0.05, 0.1) is 6.20 Å². The lowest BCUT2D eigenvalue weighted by atomic mass is 10.5. The summed E-state index contributed by atoms with van der Waals surface area (Å²) in [5.74, 6) is 0. The Balaban J connectivity index is 2.88. The number of imidazole rings is 1. The molecule has 4 heteroatoms. The molecule has 4 nitrogen and oxygen atoms in total. The molecule has 0 fully saturated rings. The van der Waals surface area contributed by atoms with Crippen LogP contribution < -0.4 is 0 Å². The molecule has 2 rings (SSSR count). The standard InChI is InChI=1S/C7H6N4/c1-8-6-2-3-10-11-5-4-9-7(6)11/h2-5H,1H2. The normalized spacial score (nSPS) is 10.2. The summed E-state index contributed by atoms with van der Waals surface area (Å²) in [4.78, 5) is 7.85. The molecule has 0 N–H and O–H groups in total. The lowest BCUT2D eigenvalue weighted by molar-refractivity contribution is 0.936. The highest BCUT2D eigenvalue weighted by atomic mass is 15.2. The van der Waals surface area contributed by atoms with Crippen LogP contribution in [-0.2, 0) is 0 Å². The van der Waals surface area contributed by atoms with Crippen LogP contribution in [0.3, 0.4) is 0 Å². The number of aromatic nitrogens is 3. The zero-order valence-electron chi connectivity index (χ0n) is 5.81. The minimum Gasteiger partial charge on any atom is -0.261 e. The molecule has 0 aliphatic rings. The van der Waals surface area contributed by atoms with Crippen molar-refractivity contribution in [2.45, 2.75) is 0 Å². The molecule has 2 aromatic rings. The van der Waals surface area contributed by atoms with Crippen LogP contribution in [0.2, 0.25) is 0 Å². The monoisotopic (exact) mass is 146 g/mol. The Kier molecular flexibility index (Phi) is 1.18. The van der Waals surface area contributed by atoms with E-state index in [2.05, 4.69) is 21.8 Å². The summed E-state index contributed by atoms with van der Waals surface area (Å²) >= 11 is 0. The van der Waals surface area contributed by atoms with Crippen molar-refractivity contribution < 1.29 is 0 Å². The van der Waals surface area contributed by atoms with Gasteiger partial charge >= 0.3 is 0 Å². The predicted octanol–water partition coefficient (Wildman–Crippen LogP) is 1.06. The number of rotatable bonds is 1. The van der Waals surface area contributed by atoms with Gasteiger partial charge in [-0.15, -0.1) is 0 Å². The molecule has 0 amide bonds. The molecule has 0 aliphatic carbocycles. The topological polar surface area (TPSA) is 42.5 Å². The van der Waals surface area contributed by atoms with Crippen LogP contribution in [0, 0.1) is 0 Å². The van der Waals surface area contributed by atoms with Crippen molar-refractivity contribution in [2.75, 3.05) is 0 Å². The van der Waals surface area contributed by atoms with Gasteiger partial charge in [-0.1, -0.05) is 0 Å². The summed E-state index contributed by atoms with van der Waals surface area (Å²) in [6.07, 6.45) is 5.11. The van der Waals surface area contributed by atoms with E-state index in [1.807, 2.05) is 0 Å². The zero-order chi connectivity index (χ0) is 7.68. The van der Waals surface area contributed by atoms with Gasteiger partial charge in [0.15, 0.2) is 5.65 Å². The van der Waals surface area contributed by atoms with Crippen molar-refractivity contribution >= 4 is 18.1 Å². The molecule has 0 aliphatic heterocycles. The van der Waals surface area contributed by atoms with Gasteiger partial charge in [-0.05, 0) is 12.8 Å². The van der Waals surface area contributed by atoms with Crippen LogP contribution >= 0.6 is 0 Å². The minimum absolute atomic E-state index is 0.738. The van der Waals surface area contributed by atoms with Crippen LogP contribution in [-0.4, -0.2) is 21.3 Å². The first kappa shape index (κ1) is 6.03. The third kappa shape index (κ3) is 0.797. The van der Waals surface area contributed by atoms with E-state index in [1.54, 1.807) is 29.2 Å². The van der Waals surface area contributed by atoms with Crippen molar-refractivity contribution in [1.29, 1.82) is 0 Å². The Bertz CT molecular complexity index is 390. The summed E-state index contributed by atoms with van der Waals surface area (Å²) in [5.41, 5.74) is 1.49. The average molecular weight is 146 g/mol. The van der Waals surface area contributed by atoms with Crippen molar-refractivity contribution in [1.82, 2.24) is 14.6 Å². The first-order valence-electron chi connectivity index (χ1n) is 3.17. The zero-order valence-corrected chi connectivity index (χ0v) is 5.81. The number of hydrogen-bond acceptors (Lipinski definition) is 3. The lowest BCUT2D eigenvalue weighted by Crippen LogP contribution is -1.87. The van der Waals surface area contributed by atoms with Gasteiger partial charge in [-0.2, -0.15) is 5.10 Å². The van der Waals surface area contributed by atoms with Gasteiger partial charge in [0.2, 0.25) is 0 Å². The van der Waals surface area contributed by atoms with Gasteiger partial charge in [0.1, 0.15) is 5.69 Å². The molecule has 0 radical (unpaired) electrons. The Morgan fingerprint density at radius 2 is 2.36 bits per heavy atom. The average Bonchev–Trinajstić information content (AvgIpc) is 2.50. The number of fused-ring (bicyclic) bond motifs is 1. The highest BCUT2D eigenvalue weighted by molar-refractivity contribution is 5.64. The van der Waals surface area contributed by atoms with Gasteiger partial charge < -0.3 is 0 Å². The molecule has 2 aromatic heterocycles. The van der Waals surface area contributed by atoms with Gasteiger partial charge in [0.25, 0.3) is 0 Å². The second-order valence-corrected chi connectivity index (χ2v) is 2.07. The fraction of sp³-hybridized carbons (Fsp3) is 0. The molecule has 11 heavy (non-hydrogen) atoms. The molecule has 54 valence electrons. The highest BCUT2D eigenvalue weighted by Crippen LogP contribution is 2.14. The van der Waals surface area contributed by atoms with E-state index in [9.17, 15) is 0 Å². The summed E-state index contributed by atoms with van der Waals surface area (Å²) in [6, 6.07) is 1.77. The smallest absolute Gasteiger partial charge is 0.179 e. The Labute approximate surface area is 63.2 Å². The second-order valence-electron chi connectivity index (χ2n) is 2.07. The van der Waals surface area contributed by atoms with Crippen LogP contribution in [0.15, 0.2) is 29.6 Å². The molecule has 0 unspecified atom stereocenters. The van der Waals surface area contributed by atoms with Gasteiger partial charge in [-0.3, -0.25) is 4.99 Å². The van der Waals surface area contributed by atoms with E-state index in [0.29, 0.717) is 0 Å². The first-order valence-corrected chi connectivity index (χ1v) is 3.17. The molecule has 0 spiro atoms. The number of aliphatic imine (C=N–C) groups is 1. The molecule has 0 bridgehead atoms. The molecule has 0 aromatic carbocycles. The van der Waals surface area contributed by atoms with Crippen LogP contribution in [0.4, 0.5) is 5.69 Å². The quantitative estimate of drug-likeness (QED) is 0.564. The van der Waals surface area contributed by atoms with E-state index < -0.39 is 0 Å². The van der Waals surface area contributed by atoms with E-state index in [0.717, 1.165) is 11.3 Å². The van der Waals surface area contributed by atoms with Crippen LogP contribution in [0.1, 0.15) is 0 Å². The van der Waals surface area contributed by atoms with E-state index >= 15 is 0 Å². The Morgan fingerprint density at radius 3 is 3.18 bits per heavy atom. The van der Waals surface area contributed by atoms with E-state index in [4.69, 9.17) is 0 Å². The maximum Gasteiger partial charge on any atom is 0.179 e. The predicted molar refractivity (Wildman–Crippen MR) is 42.2 cm³/mol. The molecular weight excluding hydrogens is 140 g/mol. The summed E-state index contributed by atoms with van der Waals surface area (Å²) < 4.78 is 1.66. The largest absolute Gasteiger partial charge is 0.261 e. The summed E-state index contributed by atoms with van der Waals surface area (Å²) in [6.45, 7) is 3.43. The van der Waals surface area contributed by atoms with Crippen molar-refractivity contribution in [3.8, 4) is 0 Å². The van der Waals surface area contributed by atoms with Crippen molar-refractivity contribution in [2.24, 2.45) is 4.99 Å². The molecule has 0 saturated carbocycles. The number of nitrogens with zero attached hydrogens (tertiary/aromatic N) is 4. The molecular formula is C7H6N4. The SMILES string of the molecule is C=Nc1ccnn2ccnc12. The Hall–Kier alpha value is -1.71. The third-order valence-electron chi connectivity index (χ3n) is 1.44. The van der Waals surface area contributed by atoms with Gasteiger partial charge in [0, 0.05) is 12.4 Å². The van der Waals surface area contributed by atoms with Crippen molar-refractivity contribution in [3.63, 3.8) is 0 Å². The van der Waals surface area contributed by atoms with Crippen molar-refractivity contribution in [3.05, 3.63) is 24.7 Å². The Morgan fingerprint density at radius 1 is 1.45 bits per heavy atom. The number of hydrogen-bond donors (Lipinski definition) is 0.